The van der Waals surface area contributed by atoms with Crippen molar-refractivity contribution in [1.82, 2.24) is 0 Å². The van der Waals surface area contributed by atoms with Crippen LogP contribution in [0.2, 0.25) is 0 Å². The molecule has 0 aromatic rings. The fourth-order valence-corrected chi connectivity index (χ4v) is 0.417. The second kappa shape index (κ2) is 7.92. The summed E-state index contributed by atoms with van der Waals surface area (Å²) in [5.74, 6) is 0. The van der Waals surface area contributed by atoms with Gasteiger partial charge in [-0.2, -0.15) is 0 Å². The van der Waals surface area contributed by atoms with Gasteiger partial charge in [0.1, 0.15) is 6.17 Å². The van der Waals surface area contributed by atoms with E-state index < -0.39 is 6.17 Å². The number of halogens is 2. The molecule has 0 aliphatic heterocycles. The van der Waals surface area contributed by atoms with Crippen molar-refractivity contribution >= 4 is 12.4 Å². The van der Waals surface area contributed by atoms with Gasteiger partial charge in [-0.1, -0.05) is 6.08 Å². The lowest BCUT2D eigenvalue weighted by molar-refractivity contribution is 0.324. The predicted octanol–water partition coefficient (Wildman–Crippen LogP) is 1.67. The molecule has 0 aromatic heterocycles. The van der Waals surface area contributed by atoms with Crippen molar-refractivity contribution < 1.29 is 4.39 Å². The first kappa shape index (κ1) is 11.7. The summed E-state index contributed by atoms with van der Waals surface area (Å²) in [4.78, 5) is 0. The van der Waals surface area contributed by atoms with Gasteiger partial charge in [0.15, 0.2) is 0 Å². The van der Waals surface area contributed by atoms with Crippen LogP contribution in [0, 0.1) is 0 Å². The molecule has 0 aliphatic rings. The Labute approximate surface area is 61.5 Å². The van der Waals surface area contributed by atoms with E-state index in [2.05, 4.69) is 6.58 Å². The molecule has 0 bridgehead atoms. The van der Waals surface area contributed by atoms with E-state index in [-0.39, 0.29) is 19.0 Å². The highest BCUT2D eigenvalue weighted by molar-refractivity contribution is 5.85. The molecule has 0 amide bonds. The van der Waals surface area contributed by atoms with Crippen LogP contribution in [-0.2, 0) is 0 Å². The topological polar surface area (TPSA) is 26.0 Å². The first-order valence-electron chi connectivity index (χ1n) is 2.76. The van der Waals surface area contributed by atoms with E-state index in [1.807, 2.05) is 0 Å². The van der Waals surface area contributed by atoms with Crippen LogP contribution in [0.4, 0.5) is 4.39 Å². The van der Waals surface area contributed by atoms with E-state index in [1.165, 1.54) is 0 Å². The molecule has 1 unspecified atom stereocenters. The van der Waals surface area contributed by atoms with Crippen LogP contribution in [-0.4, -0.2) is 12.7 Å². The quantitative estimate of drug-likeness (QED) is 0.611. The molecule has 0 radical (unpaired) electrons. The number of allylic oxidation sites excluding steroid dienone is 1. The van der Waals surface area contributed by atoms with Gasteiger partial charge < -0.3 is 5.73 Å². The average Bonchev–Trinajstić information content (AvgIpc) is 1.83. The van der Waals surface area contributed by atoms with Crippen LogP contribution >= 0.6 is 12.4 Å². The minimum Gasteiger partial charge on any atom is -0.328 e. The third-order valence-corrected chi connectivity index (χ3v) is 0.940. The molecule has 2 N–H and O–H groups in total. The maximum atomic E-state index is 12.1. The Morgan fingerprint density at radius 1 is 1.67 bits per heavy atom. The van der Waals surface area contributed by atoms with E-state index in [9.17, 15) is 4.39 Å². The van der Waals surface area contributed by atoms with Gasteiger partial charge in [-0.15, -0.1) is 19.0 Å². The molecule has 9 heavy (non-hydrogen) atoms. The highest BCUT2D eigenvalue weighted by atomic mass is 35.5. The minimum absolute atomic E-state index is 0. The van der Waals surface area contributed by atoms with Gasteiger partial charge in [-0.25, -0.2) is 4.39 Å². The number of alkyl halides is 1. The average molecular weight is 154 g/mol. The number of rotatable bonds is 4. The number of hydrogen-bond donors (Lipinski definition) is 1. The molecule has 0 fully saturated rings. The van der Waals surface area contributed by atoms with Crippen molar-refractivity contribution in [2.75, 3.05) is 6.54 Å². The molecule has 0 spiro atoms. The van der Waals surface area contributed by atoms with E-state index in [4.69, 9.17) is 5.73 Å². The Balaban J connectivity index is 0. The molecular formula is C6H13ClFN. The summed E-state index contributed by atoms with van der Waals surface area (Å²) in [6, 6.07) is 0. The van der Waals surface area contributed by atoms with Crippen molar-refractivity contribution in [3.63, 3.8) is 0 Å². The minimum atomic E-state index is -0.840. The SMILES string of the molecule is C=CCCC(F)CN.Cl. The Kier molecular flexibility index (Phi) is 10.3. The lowest BCUT2D eigenvalue weighted by Crippen LogP contribution is -2.14. The van der Waals surface area contributed by atoms with Gasteiger partial charge in [0.25, 0.3) is 0 Å². The first-order chi connectivity index (χ1) is 3.81. The molecule has 0 rings (SSSR count). The first-order valence-corrected chi connectivity index (χ1v) is 2.76. The predicted molar refractivity (Wildman–Crippen MR) is 40.6 cm³/mol. The van der Waals surface area contributed by atoms with Crippen LogP contribution in [0.25, 0.3) is 0 Å². The van der Waals surface area contributed by atoms with Gasteiger partial charge in [-0.05, 0) is 12.8 Å². The van der Waals surface area contributed by atoms with Crippen LogP contribution in [0.5, 0.6) is 0 Å². The molecule has 1 atom stereocenters. The summed E-state index contributed by atoms with van der Waals surface area (Å²) in [5.41, 5.74) is 5.00. The van der Waals surface area contributed by atoms with Crippen molar-refractivity contribution in [3.05, 3.63) is 12.7 Å². The highest BCUT2D eigenvalue weighted by Gasteiger charge is 1.98. The molecule has 0 saturated heterocycles. The second-order valence-corrected chi connectivity index (χ2v) is 1.70. The summed E-state index contributed by atoms with van der Waals surface area (Å²) >= 11 is 0. The molecule has 0 heterocycles. The highest BCUT2D eigenvalue weighted by Crippen LogP contribution is 1.98. The monoisotopic (exact) mass is 153 g/mol. The van der Waals surface area contributed by atoms with E-state index in [0.717, 1.165) is 6.42 Å². The second-order valence-electron chi connectivity index (χ2n) is 1.70. The van der Waals surface area contributed by atoms with Gasteiger partial charge in [0.05, 0.1) is 0 Å². The number of hydrogen-bond acceptors (Lipinski definition) is 1. The standard InChI is InChI=1S/C6H12FN.ClH/c1-2-3-4-6(7)5-8;/h2,6H,1,3-5,8H2;1H. The van der Waals surface area contributed by atoms with Gasteiger partial charge in [0, 0.05) is 6.54 Å². The lowest BCUT2D eigenvalue weighted by atomic mass is 10.2. The molecular weight excluding hydrogens is 141 g/mol. The molecule has 0 aromatic carbocycles. The van der Waals surface area contributed by atoms with Gasteiger partial charge >= 0.3 is 0 Å². The zero-order valence-corrected chi connectivity index (χ0v) is 6.16. The zero-order chi connectivity index (χ0) is 6.41. The Hall–Kier alpha value is -0.0800. The summed E-state index contributed by atoms with van der Waals surface area (Å²) in [6.45, 7) is 3.59. The third-order valence-electron chi connectivity index (χ3n) is 0.940. The molecule has 0 saturated carbocycles. The number of nitrogens with two attached hydrogens (primary N) is 1. The van der Waals surface area contributed by atoms with Crippen LogP contribution in [0.1, 0.15) is 12.8 Å². The Morgan fingerprint density at radius 3 is 2.56 bits per heavy atom. The normalized spacial score (nSPS) is 11.8. The van der Waals surface area contributed by atoms with Gasteiger partial charge in [-0.3, -0.25) is 0 Å². The van der Waals surface area contributed by atoms with Gasteiger partial charge in [0.2, 0.25) is 0 Å². The molecule has 3 heteroatoms. The molecule has 56 valence electrons. The van der Waals surface area contributed by atoms with Crippen LogP contribution in [0.3, 0.4) is 0 Å². The largest absolute Gasteiger partial charge is 0.328 e. The smallest absolute Gasteiger partial charge is 0.113 e. The zero-order valence-electron chi connectivity index (χ0n) is 5.35. The van der Waals surface area contributed by atoms with Crippen LogP contribution < -0.4 is 5.73 Å². The van der Waals surface area contributed by atoms with E-state index in [1.54, 1.807) is 6.08 Å². The van der Waals surface area contributed by atoms with Crippen molar-refractivity contribution in [2.45, 2.75) is 19.0 Å². The van der Waals surface area contributed by atoms with Crippen LogP contribution in [0.15, 0.2) is 12.7 Å². The fourth-order valence-electron chi connectivity index (χ4n) is 0.417. The Bertz CT molecular complexity index is 68.1. The van der Waals surface area contributed by atoms with Crippen molar-refractivity contribution in [3.8, 4) is 0 Å². The van der Waals surface area contributed by atoms with Crippen molar-refractivity contribution in [1.29, 1.82) is 0 Å². The summed E-state index contributed by atoms with van der Waals surface area (Å²) in [5, 5.41) is 0. The third kappa shape index (κ3) is 7.92. The molecule has 0 aliphatic carbocycles. The van der Waals surface area contributed by atoms with Crippen molar-refractivity contribution in [2.24, 2.45) is 5.73 Å². The summed E-state index contributed by atoms with van der Waals surface area (Å²) in [7, 11) is 0. The Morgan fingerprint density at radius 2 is 2.22 bits per heavy atom. The fraction of sp³-hybridized carbons (Fsp3) is 0.667. The van der Waals surface area contributed by atoms with E-state index >= 15 is 0 Å². The maximum absolute atomic E-state index is 12.1. The molecule has 1 nitrogen and oxygen atoms in total. The summed E-state index contributed by atoms with van der Waals surface area (Å²) < 4.78 is 12.1. The maximum Gasteiger partial charge on any atom is 0.113 e. The van der Waals surface area contributed by atoms with E-state index in [0.29, 0.717) is 6.42 Å². The summed E-state index contributed by atoms with van der Waals surface area (Å²) in [6.07, 6.45) is 2.09. The lowest BCUT2D eigenvalue weighted by Gasteiger charge is -1.99.